The van der Waals surface area contributed by atoms with E-state index in [0.29, 0.717) is 0 Å². The van der Waals surface area contributed by atoms with E-state index in [1.807, 2.05) is 12.3 Å². The number of rotatable bonds is 3. The third-order valence-corrected chi connectivity index (χ3v) is 4.08. The molecule has 1 aromatic rings. The number of aromatic nitrogens is 1. The van der Waals surface area contributed by atoms with Crippen LogP contribution in [0.5, 0.6) is 0 Å². The molecule has 1 aliphatic rings. The molecule has 1 unspecified atom stereocenters. The molecule has 1 fully saturated rings. The van der Waals surface area contributed by atoms with Crippen LogP contribution in [0.4, 0.5) is 0 Å². The van der Waals surface area contributed by atoms with Crippen molar-refractivity contribution in [2.24, 2.45) is 5.73 Å². The molecule has 3 N–H and O–H groups in total. The van der Waals surface area contributed by atoms with E-state index in [4.69, 9.17) is 5.73 Å². The summed E-state index contributed by atoms with van der Waals surface area (Å²) in [5, 5.41) is 5.78. The Bertz CT molecular complexity index is 357. The monoisotopic (exact) mass is 239 g/mol. The molecular weight excluding hydrogens is 222 g/mol. The summed E-state index contributed by atoms with van der Waals surface area (Å²) in [7, 11) is 0. The molecule has 1 amide bonds. The van der Waals surface area contributed by atoms with E-state index < -0.39 is 5.54 Å². The highest BCUT2D eigenvalue weighted by atomic mass is 32.1. The number of hydrogen-bond donors (Lipinski definition) is 2. The molecule has 0 radical (unpaired) electrons. The van der Waals surface area contributed by atoms with E-state index in [-0.39, 0.29) is 11.9 Å². The quantitative estimate of drug-likeness (QED) is 0.841. The maximum absolute atomic E-state index is 12.0. The Hall–Kier alpha value is -0.940. The minimum absolute atomic E-state index is 0.0345. The van der Waals surface area contributed by atoms with Gasteiger partial charge in [-0.2, -0.15) is 0 Å². The minimum atomic E-state index is -0.647. The lowest BCUT2D eigenvalue weighted by Gasteiger charge is -2.24. The molecule has 0 bridgehead atoms. The van der Waals surface area contributed by atoms with Gasteiger partial charge in [-0.05, 0) is 19.8 Å². The molecule has 16 heavy (non-hydrogen) atoms. The van der Waals surface area contributed by atoms with Crippen molar-refractivity contribution in [3.63, 3.8) is 0 Å². The van der Waals surface area contributed by atoms with Crippen LogP contribution in [0.1, 0.15) is 43.7 Å². The number of thiazole rings is 1. The number of carbonyl (C=O) groups is 1. The van der Waals surface area contributed by atoms with Crippen molar-refractivity contribution in [3.05, 3.63) is 16.6 Å². The molecule has 1 atom stereocenters. The number of hydrogen-bond acceptors (Lipinski definition) is 4. The fraction of sp³-hybridized carbons (Fsp3) is 0.636. The molecule has 88 valence electrons. The summed E-state index contributed by atoms with van der Waals surface area (Å²) in [6.45, 7) is 1.94. The lowest BCUT2D eigenvalue weighted by atomic mass is 9.98. The van der Waals surface area contributed by atoms with Gasteiger partial charge in [0.25, 0.3) is 0 Å². The van der Waals surface area contributed by atoms with E-state index in [1.54, 1.807) is 17.5 Å². The lowest BCUT2D eigenvalue weighted by molar-refractivity contribution is -0.126. The zero-order valence-electron chi connectivity index (χ0n) is 9.40. The van der Waals surface area contributed by atoms with Crippen LogP contribution in [-0.4, -0.2) is 16.4 Å². The van der Waals surface area contributed by atoms with Gasteiger partial charge in [-0.15, -0.1) is 11.3 Å². The predicted octanol–water partition coefficient (Wildman–Crippen LogP) is 1.59. The number of nitrogens with zero attached hydrogens (tertiary/aromatic N) is 1. The van der Waals surface area contributed by atoms with Crippen molar-refractivity contribution in [2.75, 3.05) is 0 Å². The third-order valence-electron chi connectivity index (χ3n) is 3.12. The Morgan fingerprint density at radius 1 is 1.62 bits per heavy atom. The van der Waals surface area contributed by atoms with Crippen molar-refractivity contribution < 1.29 is 4.79 Å². The molecule has 0 saturated heterocycles. The highest BCUT2D eigenvalue weighted by Crippen LogP contribution is 2.28. The number of nitrogens with two attached hydrogens (primary N) is 1. The summed E-state index contributed by atoms with van der Waals surface area (Å²) in [5.74, 6) is -0.0345. The van der Waals surface area contributed by atoms with Gasteiger partial charge in [0.05, 0.1) is 11.6 Å². The zero-order chi connectivity index (χ0) is 11.6. The Labute approximate surface area is 99.3 Å². The van der Waals surface area contributed by atoms with Crippen molar-refractivity contribution in [1.29, 1.82) is 0 Å². The lowest BCUT2D eigenvalue weighted by Crippen LogP contribution is -2.52. The maximum atomic E-state index is 12.0. The van der Waals surface area contributed by atoms with Gasteiger partial charge in [0.1, 0.15) is 5.01 Å². The van der Waals surface area contributed by atoms with Gasteiger partial charge in [-0.25, -0.2) is 4.98 Å². The highest BCUT2D eigenvalue weighted by molar-refractivity contribution is 7.09. The summed E-state index contributed by atoms with van der Waals surface area (Å²) < 4.78 is 0. The van der Waals surface area contributed by atoms with E-state index >= 15 is 0 Å². The Kier molecular flexibility index (Phi) is 3.25. The van der Waals surface area contributed by atoms with Gasteiger partial charge in [-0.1, -0.05) is 12.8 Å². The second kappa shape index (κ2) is 4.51. The van der Waals surface area contributed by atoms with Gasteiger partial charge in [0.15, 0.2) is 0 Å². The van der Waals surface area contributed by atoms with Gasteiger partial charge in [0.2, 0.25) is 5.91 Å². The number of carbonyl (C=O) groups excluding carboxylic acids is 1. The van der Waals surface area contributed by atoms with Crippen LogP contribution in [0.3, 0.4) is 0 Å². The second-order valence-electron chi connectivity index (χ2n) is 4.43. The molecule has 0 spiro atoms. The third kappa shape index (κ3) is 2.25. The fourth-order valence-corrected chi connectivity index (χ4v) is 2.73. The highest BCUT2D eigenvalue weighted by Gasteiger charge is 2.37. The molecule has 2 rings (SSSR count). The van der Waals surface area contributed by atoms with E-state index in [1.165, 1.54) is 0 Å². The first-order valence-electron chi connectivity index (χ1n) is 5.61. The first kappa shape index (κ1) is 11.5. The first-order chi connectivity index (χ1) is 7.62. The molecule has 1 heterocycles. The van der Waals surface area contributed by atoms with Gasteiger partial charge < -0.3 is 11.1 Å². The molecule has 5 heteroatoms. The average Bonchev–Trinajstić information content (AvgIpc) is 2.88. The Morgan fingerprint density at radius 2 is 2.31 bits per heavy atom. The van der Waals surface area contributed by atoms with Crippen molar-refractivity contribution >= 4 is 17.2 Å². The fourth-order valence-electron chi connectivity index (χ4n) is 2.08. The van der Waals surface area contributed by atoms with Crippen molar-refractivity contribution in [2.45, 2.75) is 44.2 Å². The minimum Gasteiger partial charge on any atom is -0.346 e. The normalized spacial score (nSPS) is 20.6. The molecule has 1 aliphatic carbocycles. The summed E-state index contributed by atoms with van der Waals surface area (Å²) in [6.07, 6.45) is 5.44. The van der Waals surface area contributed by atoms with Crippen LogP contribution in [0.2, 0.25) is 0 Å². The van der Waals surface area contributed by atoms with Crippen LogP contribution >= 0.6 is 11.3 Å². The van der Waals surface area contributed by atoms with E-state index in [0.717, 1.165) is 30.7 Å². The van der Waals surface area contributed by atoms with Crippen molar-refractivity contribution in [3.8, 4) is 0 Å². The van der Waals surface area contributed by atoms with Crippen molar-refractivity contribution in [1.82, 2.24) is 10.3 Å². The molecule has 1 saturated carbocycles. The van der Waals surface area contributed by atoms with Crippen LogP contribution in [0.15, 0.2) is 11.6 Å². The smallest absolute Gasteiger partial charge is 0.240 e. The second-order valence-corrected chi connectivity index (χ2v) is 5.35. The Balaban J connectivity index is 1.97. The molecular formula is C11H17N3OS. The summed E-state index contributed by atoms with van der Waals surface area (Å²) >= 11 is 1.55. The van der Waals surface area contributed by atoms with E-state index in [9.17, 15) is 4.79 Å². The summed E-state index contributed by atoms with van der Waals surface area (Å²) in [4.78, 5) is 16.2. The van der Waals surface area contributed by atoms with Gasteiger partial charge in [-0.3, -0.25) is 4.79 Å². The van der Waals surface area contributed by atoms with Crippen LogP contribution in [0.25, 0.3) is 0 Å². The standard InChI is InChI=1S/C11H17N3OS/c1-8(9-13-6-7-16-9)14-10(15)11(12)4-2-3-5-11/h6-8H,2-5,12H2,1H3,(H,14,15). The zero-order valence-corrected chi connectivity index (χ0v) is 10.2. The molecule has 1 aromatic heterocycles. The number of amides is 1. The van der Waals surface area contributed by atoms with Crippen LogP contribution in [-0.2, 0) is 4.79 Å². The van der Waals surface area contributed by atoms with Crippen LogP contribution in [0, 0.1) is 0 Å². The SMILES string of the molecule is CC(NC(=O)C1(N)CCCC1)c1nccs1. The topological polar surface area (TPSA) is 68.0 Å². The van der Waals surface area contributed by atoms with E-state index in [2.05, 4.69) is 10.3 Å². The molecule has 0 aliphatic heterocycles. The molecule has 0 aromatic carbocycles. The first-order valence-corrected chi connectivity index (χ1v) is 6.49. The predicted molar refractivity (Wildman–Crippen MR) is 64.1 cm³/mol. The van der Waals surface area contributed by atoms with Gasteiger partial charge >= 0.3 is 0 Å². The largest absolute Gasteiger partial charge is 0.346 e. The summed E-state index contributed by atoms with van der Waals surface area (Å²) in [6, 6.07) is -0.0477. The Morgan fingerprint density at radius 3 is 2.88 bits per heavy atom. The van der Waals surface area contributed by atoms with Crippen LogP contribution < -0.4 is 11.1 Å². The number of nitrogens with one attached hydrogen (secondary N) is 1. The molecule has 4 nitrogen and oxygen atoms in total. The average molecular weight is 239 g/mol. The maximum Gasteiger partial charge on any atom is 0.240 e. The summed E-state index contributed by atoms with van der Waals surface area (Å²) in [5.41, 5.74) is 5.43. The van der Waals surface area contributed by atoms with Gasteiger partial charge in [0, 0.05) is 11.6 Å².